The Morgan fingerprint density at radius 2 is 1.60 bits per heavy atom. The SMILES string of the molecule is COc1cc(OC)c(C(O)C2=CCCCC2)cc1OC. The van der Waals surface area contributed by atoms with Crippen LogP contribution < -0.4 is 14.2 Å². The smallest absolute Gasteiger partial charge is 0.164 e. The molecule has 0 amide bonds. The van der Waals surface area contributed by atoms with E-state index in [2.05, 4.69) is 6.08 Å². The van der Waals surface area contributed by atoms with Gasteiger partial charge in [0.2, 0.25) is 0 Å². The fraction of sp³-hybridized carbons (Fsp3) is 0.500. The van der Waals surface area contributed by atoms with E-state index >= 15 is 0 Å². The summed E-state index contributed by atoms with van der Waals surface area (Å²) in [5, 5.41) is 10.6. The molecule has 110 valence electrons. The summed E-state index contributed by atoms with van der Waals surface area (Å²) in [7, 11) is 4.75. The van der Waals surface area contributed by atoms with Gasteiger partial charge in [-0.2, -0.15) is 0 Å². The highest BCUT2D eigenvalue weighted by molar-refractivity contribution is 5.52. The van der Waals surface area contributed by atoms with Crippen LogP contribution in [0.2, 0.25) is 0 Å². The van der Waals surface area contributed by atoms with Gasteiger partial charge in [-0.25, -0.2) is 0 Å². The largest absolute Gasteiger partial charge is 0.496 e. The molecule has 0 fully saturated rings. The van der Waals surface area contributed by atoms with E-state index in [1.807, 2.05) is 0 Å². The summed E-state index contributed by atoms with van der Waals surface area (Å²) in [4.78, 5) is 0. The van der Waals surface area contributed by atoms with E-state index in [0.29, 0.717) is 17.2 Å². The summed E-state index contributed by atoms with van der Waals surface area (Å²) in [5.74, 6) is 1.80. The minimum atomic E-state index is -0.648. The Bertz CT molecular complexity index is 493. The number of ether oxygens (including phenoxy) is 3. The van der Waals surface area contributed by atoms with Crippen molar-refractivity contribution in [3.8, 4) is 17.2 Å². The van der Waals surface area contributed by atoms with Crippen molar-refractivity contribution in [1.82, 2.24) is 0 Å². The maximum absolute atomic E-state index is 10.6. The molecule has 0 radical (unpaired) electrons. The van der Waals surface area contributed by atoms with Crippen LogP contribution in [0.1, 0.15) is 37.4 Å². The van der Waals surface area contributed by atoms with Gasteiger partial charge in [0.05, 0.1) is 21.3 Å². The van der Waals surface area contributed by atoms with Crippen molar-refractivity contribution < 1.29 is 19.3 Å². The van der Waals surface area contributed by atoms with Crippen LogP contribution in [-0.2, 0) is 0 Å². The Morgan fingerprint density at radius 1 is 0.950 bits per heavy atom. The fourth-order valence-corrected chi connectivity index (χ4v) is 2.58. The molecular weight excluding hydrogens is 256 g/mol. The van der Waals surface area contributed by atoms with Crippen molar-refractivity contribution in [1.29, 1.82) is 0 Å². The van der Waals surface area contributed by atoms with Gasteiger partial charge in [-0.05, 0) is 37.3 Å². The molecule has 0 spiro atoms. The van der Waals surface area contributed by atoms with Gasteiger partial charge in [-0.15, -0.1) is 0 Å². The van der Waals surface area contributed by atoms with Crippen LogP contribution in [0.15, 0.2) is 23.8 Å². The van der Waals surface area contributed by atoms with Crippen molar-refractivity contribution in [3.05, 3.63) is 29.3 Å². The maximum atomic E-state index is 10.6. The van der Waals surface area contributed by atoms with Crippen LogP contribution in [0.4, 0.5) is 0 Å². The zero-order chi connectivity index (χ0) is 14.5. The molecule has 0 heterocycles. The number of aliphatic hydroxyl groups excluding tert-OH is 1. The molecular formula is C16H22O4. The van der Waals surface area contributed by atoms with E-state index in [1.54, 1.807) is 33.5 Å². The Labute approximate surface area is 120 Å². The van der Waals surface area contributed by atoms with Crippen LogP contribution in [0.25, 0.3) is 0 Å². The summed E-state index contributed by atoms with van der Waals surface area (Å²) in [6.07, 6.45) is 5.76. The minimum absolute atomic E-state index is 0.595. The molecule has 0 aliphatic heterocycles. The lowest BCUT2D eigenvalue weighted by molar-refractivity contribution is 0.202. The molecule has 1 aromatic carbocycles. The topological polar surface area (TPSA) is 47.9 Å². The number of hydrogen-bond donors (Lipinski definition) is 1. The summed E-state index contributed by atoms with van der Waals surface area (Å²) in [6.45, 7) is 0. The highest BCUT2D eigenvalue weighted by atomic mass is 16.5. The predicted molar refractivity (Wildman–Crippen MR) is 77.6 cm³/mol. The highest BCUT2D eigenvalue weighted by Crippen LogP contribution is 2.40. The van der Waals surface area contributed by atoms with Crippen molar-refractivity contribution in [2.45, 2.75) is 31.8 Å². The molecule has 0 saturated heterocycles. The number of aliphatic hydroxyl groups is 1. The molecule has 0 saturated carbocycles. The second kappa shape index (κ2) is 6.66. The summed E-state index contributed by atoms with van der Waals surface area (Å²) < 4.78 is 15.9. The van der Waals surface area contributed by atoms with Gasteiger partial charge in [0.15, 0.2) is 11.5 Å². The Kier molecular flexibility index (Phi) is 4.90. The highest BCUT2D eigenvalue weighted by Gasteiger charge is 2.22. The van der Waals surface area contributed by atoms with Gasteiger partial charge >= 0.3 is 0 Å². The molecule has 0 aromatic heterocycles. The molecule has 1 aliphatic rings. The first-order valence-corrected chi connectivity index (χ1v) is 6.88. The molecule has 1 unspecified atom stereocenters. The number of rotatable bonds is 5. The van der Waals surface area contributed by atoms with Crippen LogP contribution in [0.5, 0.6) is 17.2 Å². The molecule has 4 nitrogen and oxygen atoms in total. The lowest BCUT2D eigenvalue weighted by atomic mass is 9.91. The van der Waals surface area contributed by atoms with Crippen LogP contribution in [0.3, 0.4) is 0 Å². The van der Waals surface area contributed by atoms with Crippen molar-refractivity contribution in [2.75, 3.05) is 21.3 Å². The number of allylic oxidation sites excluding steroid dienone is 1. The second-order valence-corrected chi connectivity index (χ2v) is 4.88. The standard InChI is InChI=1S/C16H22O4/c1-18-13-10-15(20-3)14(19-2)9-12(13)16(17)11-7-5-4-6-8-11/h7,9-10,16-17H,4-6,8H2,1-3H3. The lowest BCUT2D eigenvalue weighted by Crippen LogP contribution is -2.07. The van der Waals surface area contributed by atoms with Gasteiger partial charge < -0.3 is 19.3 Å². The van der Waals surface area contributed by atoms with E-state index in [9.17, 15) is 5.11 Å². The van der Waals surface area contributed by atoms with Crippen LogP contribution in [-0.4, -0.2) is 26.4 Å². The molecule has 20 heavy (non-hydrogen) atoms. The van der Waals surface area contributed by atoms with E-state index in [4.69, 9.17) is 14.2 Å². The van der Waals surface area contributed by atoms with Crippen LogP contribution >= 0.6 is 0 Å². The summed E-state index contributed by atoms with van der Waals surface area (Å²) >= 11 is 0. The fourth-order valence-electron chi connectivity index (χ4n) is 2.58. The van der Waals surface area contributed by atoms with Crippen molar-refractivity contribution in [3.63, 3.8) is 0 Å². The second-order valence-electron chi connectivity index (χ2n) is 4.88. The number of benzene rings is 1. The zero-order valence-corrected chi connectivity index (χ0v) is 12.3. The monoisotopic (exact) mass is 278 g/mol. The average molecular weight is 278 g/mol. The first-order chi connectivity index (χ1) is 9.71. The predicted octanol–water partition coefficient (Wildman–Crippen LogP) is 3.25. The summed E-state index contributed by atoms with van der Waals surface area (Å²) in [5.41, 5.74) is 1.78. The van der Waals surface area contributed by atoms with E-state index in [0.717, 1.165) is 30.4 Å². The first kappa shape index (κ1) is 14.7. The van der Waals surface area contributed by atoms with Crippen molar-refractivity contribution in [2.24, 2.45) is 0 Å². The first-order valence-electron chi connectivity index (χ1n) is 6.88. The minimum Gasteiger partial charge on any atom is -0.496 e. The van der Waals surface area contributed by atoms with Gasteiger partial charge in [0.25, 0.3) is 0 Å². The van der Waals surface area contributed by atoms with Gasteiger partial charge in [-0.1, -0.05) is 6.08 Å². The Morgan fingerprint density at radius 3 is 2.15 bits per heavy atom. The lowest BCUT2D eigenvalue weighted by Gasteiger charge is -2.22. The van der Waals surface area contributed by atoms with E-state index in [1.165, 1.54) is 6.42 Å². The van der Waals surface area contributed by atoms with E-state index in [-0.39, 0.29) is 0 Å². The molecule has 1 N–H and O–H groups in total. The molecule has 2 rings (SSSR count). The van der Waals surface area contributed by atoms with E-state index < -0.39 is 6.10 Å². The third-order valence-electron chi connectivity index (χ3n) is 3.71. The maximum Gasteiger partial charge on any atom is 0.164 e. The van der Waals surface area contributed by atoms with Gasteiger partial charge in [-0.3, -0.25) is 0 Å². The Hall–Kier alpha value is -1.68. The molecule has 4 heteroatoms. The summed E-state index contributed by atoms with van der Waals surface area (Å²) in [6, 6.07) is 3.54. The van der Waals surface area contributed by atoms with Crippen LogP contribution in [0, 0.1) is 0 Å². The molecule has 1 aliphatic carbocycles. The van der Waals surface area contributed by atoms with Crippen molar-refractivity contribution >= 4 is 0 Å². The molecule has 1 atom stereocenters. The third kappa shape index (κ3) is 2.90. The molecule has 0 bridgehead atoms. The number of hydrogen-bond acceptors (Lipinski definition) is 4. The zero-order valence-electron chi connectivity index (χ0n) is 12.3. The average Bonchev–Trinajstić information content (AvgIpc) is 2.53. The number of methoxy groups -OCH3 is 3. The molecule has 1 aromatic rings. The van der Waals surface area contributed by atoms with Gasteiger partial charge in [0, 0.05) is 11.6 Å². The Balaban J connectivity index is 2.40. The normalized spacial score (nSPS) is 16.3. The third-order valence-corrected chi connectivity index (χ3v) is 3.71. The quantitative estimate of drug-likeness (QED) is 0.840. The van der Waals surface area contributed by atoms with Gasteiger partial charge in [0.1, 0.15) is 11.9 Å².